The van der Waals surface area contributed by atoms with Crippen molar-refractivity contribution in [3.8, 4) is 0 Å². The van der Waals surface area contributed by atoms with Crippen molar-refractivity contribution in [2.45, 2.75) is 33.6 Å². The molecule has 0 radical (unpaired) electrons. The molecule has 0 aromatic heterocycles. The normalized spacial score (nSPS) is 9.73. The van der Waals surface area contributed by atoms with E-state index in [9.17, 15) is 0 Å². The van der Waals surface area contributed by atoms with Crippen molar-refractivity contribution in [2.24, 2.45) is 0 Å². The molecule has 26 heavy (non-hydrogen) atoms. The maximum Gasteiger partial charge on any atom is 4.00 e. The van der Waals surface area contributed by atoms with Crippen LogP contribution in [-0.4, -0.2) is 0 Å². The van der Waals surface area contributed by atoms with Crippen molar-refractivity contribution >= 4 is 21.5 Å². The van der Waals surface area contributed by atoms with Gasteiger partial charge in [-0.1, -0.05) is 37.1 Å². The first-order valence-corrected chi connectivity index (χ1v) is 8.33. The smallest absolute Gasteiger partial charge is 1.00 e. The molecule has 4 rings (SSSR count). The summed E-state index contributed by atoms with van der Waals surface area (Å²) in [5, 5.41) is 5.51. The van der Waals surface area contributed by atoms with E-state index >= 15 is 0 Å². The number of halogens is 2. The van der Waals surface area contributed by atoms with Crippen LogP contribution in [0.25, 0.3) is 21.5 Å². The van der Waals surface area contributed by atoms with Gasteiger partial charge in [-0.05, 0) is 19.8 Å². The third-order valence-corrected chi connectivity index (χ3v) is 4.55. The van der Waals surface area contributed by atoms with Crippen LogP contribution in [-0.2, 0) is 26.2 Å². The van der Waals surface area contributed by atoms with Gasteiger partial charge in [-0.3, -0.25) is 0 Å². The summed E-state index contributed by atoms with van der Waals surface area (Å²) < 4.78 is 0. The van der Waals surface area contributed by atoms with Crippen LogP contribution in [0.2, 0.25) is 0 Å². The molecular formula is C23H24Cl2Zr. The molecule has 0 heterocycles. The second-order valence-electron chi connectivity index (χ2n) is 6.62. The van der Waals surface area contributed by atoms with E-state index < -0.39 is 0 Å². The minimum Gasteiger partial charge on any atom is -1.00 e. The fourth-order valence-electron chi connectivity index (χ4n) is 3.07. The third-order valence-electron chi connectivity index (χ3n) is 4.55. The predicted octanol–water partition coefficient (Wildman–Crippen LogP) is 0.863. The molecule has 0 spiro atoms. The average Bonchev–Trinajstić information content (AvgIpc) is 3.15. The van der Waals surface area contributed by atoms with Crippen molar-refractivity contribution < 1.29 is 51.0 Å². The van der Waals surface area contributed by atoms with Gasteiger partial charge >= 0.3 is 26.2 Å². The molecule has 0 N–H and O–H groups in total. The number of fused-ring (bicyclic) bond motifs is 2. The first kappa shape index (κ1) is 25.1. The Balaban J connectivity index is 0.000000441. The van der Waals surface area contributed by atoms with Gasteiger partial charge in [-0.2, -0.15) is 18.2 Å². The SMILES string of the molecule is Cc1cccc2[cH-]c(C(C)C)cc12.Cc1cccc2[cH-]ccc12.[Cl-].[Cl-].[Zr+4]. The van der Waals surface area contributed by atoms with Crippen LogP contribution in [0.1, 0.15) is 36.5 Å². The first-order valence-electron chi connectivity index (χ1n) is 8.33. The molecule has 0 nitrogen and oxygen atoms in total. The summed E-state index contributed by atoms with van der Waals surface area (Å²) in [6, 6.07) is 23.9. The van der Waals surface area contributed by atoms with Gasteiger partial charge in [0.1, 0.15) is 0 Å². The van der Waals surface area contributed by atoms with Crippen LogP contribution in [0.5, 0.6) is 0 Å². The molecule has 0 atom stereocenters. The fraction of sp³-hybridized carbons (Fsp3) is 0.217. The summed E-state index contributed by atoms with van der Waals surface area (Å²) in [5.74, 6) is 0.631. The number of aryl methyl sites for hydroxylation is 2. The second-order valence-corrected chi connectivity index (χ2v) is 6.62. The van der Waals surface area contributed by atoms with Crippen molar-refractivity contribution in [1.29, 1.82) is 0 Å². The van der Waals surface area contributed by atoms with E-state index in [4.69, 9.17) is 0 Å². The summed E-state index contributed by atoms with van der Waals surface area (Å²) in [5.41, 5.74) is 4.19. The number of hydrogen-bond acceptors (Lipinski definition) is 0. The Kier molecular flexibility index (Phi) is 10.7. The molecule has 0 fully saturated rings. The molecule has 0 bridgehead atoms. The van der Waals surface area contributed by atoms with E-state index in [2.05, 4.69) is 94.4 Å². The predicted molar refractivity (Wildman–Crippen MR) is 103 cm³/mol. The van der Waals surface area contributed by atoms with Gasteiger partial charge in [-0.15, -0.1) is 63.5 Å². The molecule has 4 aromatic carbocycles. The standard InChI is InChI=1S/C13H15.C10H9.2ClH.Zr/c1-9(2)12-7-11-6-4-5-10(3)13(11)8-12;1-8-4-2-5-9-6-3-7-10(8)9;;;/h4-9H,1-3H3;2-7H,1H3;2*1H;/q2*-1;;;+4/p-2. The van der Waals surface area contributed by atoms with Crippen LogP contribution in [0.4, 0.5) is 0 Å². The summed E-state index contributed by atoms with van der Waals surface area (Å²) in [6.07, 6.45) is 0. The molecule has 0 amide bonds. The van der Waals surface area contributed by atoms with E-state index in [-0.39, 0.29) is 51.0 Å². The molecule has 4 aromatic rings. The Bertz CT molecular complexity index is 932. The largest absolute Gasteiger partial charge is 4.00 e. The van der Waals surface area contributed by atoms with E-state index in [1.54, 1.807) is 0 Å². The summed E-state index contributed by atoms with van der Waals surface area (Å²) in [7, 11) is 0. The van der Waals surface area contributed by atoms with Crippen molar-refractivity contribution in [1.82, 2.24) is 0 Å². The van der Waals surface area contributed by atoms with Gasteiger partial charge in [0.25, 0.3) is 0 Å². The summed E-state index contributed by atoms with van der Waals surface area (Å²) in [6.45, 7) is 8.79. The number of hydrogen-bond donors (Lipinski definition) is 0. The van der Waals surface area contributed by atoms with Crippen LogP contribution >= 0.6 is 0 Å². The molecule has 0 saturated heterocycles. The van der Waals surface area contributed by atoms with Crippen LogP contribution < -0.4 is 24.8 Å². The first-order chi connectivity index (χ1) is 11.1. The Morgan fingerprint density at radius 3 is 1.88 bits per heavy atom. The van der Waals surface area contributed by atoms with Crippen LogP contribution in [0, 0.1) is 13.8 Å². The molecule has 0 unspecified atom stereocenters. The Morgan fingerprint density at radius 2 is 1.35 bits per heavy atom. The molecule has 134 valence electrons. The van der Waals surface area contributed by atoms with Crippen LogP contribution in [0.15, 0.2) is 66.7 Å². The number of rotatable bonds is 1. The molecule has 0 saturated carbocycles. The third kappa shape index (κ3) is 5.56. The number of benzene rings is 2. The minimum atomic E-state index is 0. The minimum absolute atomic E-state index is 0. The zero-order valence-corrected chi connectivity index (χ0v) is 19.7. The fourth-order valence-corrected chi connectivity index (χ4v) is 3.07. The van der Waals surface area contributed by atoms with Gasteiger partial charge in [-0.25, -0.2) is 0 Å². The summed E-state index contributed by atoms with van der Waals surface area (Å²) in [4.78, 5) is 0. The molecular weight excluding hydrogens is 438 g/mol. The quantitative estimate of drug-likeness (QED) is 0.368. The maximum absolute atomic E-state index is 2.31. The Hall–Kier alpha value is -0.877. The Morgan fingerprint density at radius 1 is 0.769 bits per heavy atom. The Labute approximate surface area is 188 Å². The van der Waals surface area contributed by atoms with E-state index in [1.807, 2.05) is 0 Å². The van der Waals surface area contributed by atoms with Crippen molar-refractivity contribution in [3.63, 3.8) is 0 Å². The molecule has 0 aliphatic carbocycles. The van der Waals surface area contributed by atoms with Gasteiger partial charge < -0.3 is 24.8 Å². The second kappa shape index (κ2) is 11.1. The van der Waals surface area contributed by atoms with Gasteiger partial charge in [0, 0.05) is 0 Å². The maximum atomic E-state index is 2.31. The van der Waals surface area contributed by atoms with Crippen molar-refractivity contribution in [3.05, 3.63) is 83.4 Å². The molecule has 0 aliphatic rings. The summed E-state index contributed by atoms with van der Waals surface area (Å²) >= 11 is 0. The monoisotopic (exact) mass is 460 g/mol. The van der Waals surface area contributed by atoms with E-state index in [1.165, 1.54) is 38.2 Å². The molecule has 0 aliphatic heterocycles. The molecule has 3 heteroatoms. The van der Waals surface area contributed by atoms with Crippen molar-refractivity contribution in [2.75, 3.05) is 0 Å². The van der Waals surface area contributed by atoms with Gasteiger partial charge in [0.2, 0.25) is 0 Å². The zero-order chi connectivity index (χ0) is 16.4. The van der Waals surface area contributed by atoms with E-state index in [0.717, 1.165) is 0 Å². The van der Waals surface area contributed by atoms with E-state index in [0.29, 0.717) is 5.92 Å². The average molecular weight is 463 g/mol. The van der Waals surface area contributed by atoms with Gasteiger partial charge in [0.05, 0.1) is 0 Å². The topological polar surface area (TPSA) is 0 Å². The van der Waals surface area contributed by atoms with Crippen LogP contribution in [0.3, 0.4) is 0 Å². The van der Waals surface area contributed by atoms with Gasteiger partial charge in [0.15, 0.2) is 0 Å². The zero-order valence-electron chi connectivity index (χ0n) is 15.7.